The highest BCUT2D eigenvalue weighted by molar-refractivity contribution is 5.79. The third-order valence-electron chi connectivity index (χ3n) is 5.10. The Bertz CT molecular complexity index is 1330. The quantitative estimate of drug-likeness (QED) is 0.312. The van der Waals surface area contributed by atoms with E-state index >= 15 is 0 Å². The predicted molar refractivity (Wildman–Crippen MR) is 134 cm³/mol. The van der Waals surface area contributed by atoms with Crippen LogP contribution in [0.2, 0.25) is 0 Å². The number of nitrogens with zero attached hydrogens (tertiary/aromatic N) is 8. The average molecular weight is 454 g/mol. The summed E-state index contributed by atoms with van der Waals surface area (Å²) in [5, 5.41) is 18.3. The minimum atomic E-state index is 0.231. The average Bonchev–Trinajstić information content (AvgIpc) is 3.27. The molecule has 0 aliphatic carbocycles. The monoisotopic (exact) mass is 453 g/mol. The number of anilines is 2. The second-order valence-corrected chi connectivity index (χ2v) is 8.64. The van der Waals surface area contributed by atoms with Crippen molar-refractivity contribution in [2.24, 2.45) is 11.0 Å². The molecule has 0 amide bonds. The van der Waals surface area contributed by atoms with Crippen LogP contribution in [0.25, 0.3) is 17.2 Å². The summed E-state index contributed by atoms with van der Waals surface area (Å²) in [5.41, 5.74) is 5.22. The first-order chi connectivity index (χ1) is 16.4. The molecule has 0 saturated heterocycles. The smallest absolute Gasteiger partial charge is 0.256 e. The molecule has 4 rings (SSSR count). The van der Waals surface area contributed by atoms with Crippen molar-refractivity contribution >= 4 is 23.6 Å². The number of aromatic nitrogens is 5. The molecular weight excluding hydrogens is 426 g/mol. The number of nitrogens with one attached hydrogen (secondary N) is 1. The maximum Gasteiger partial charge on any atom is 0.256 e. The van der Waals surface area contributed by atoms with Crippen molar-refractivity contribution in [2.75, 3.05) is 16.9 Å². The zero-order chi connectivity index (χ0) is 24.1. The lowest BCUT2D eigenvalue weighted by Crippen LogP contribution is -2.35. The van der Waals surface area contributed by atoms with Crippen LogP contribution >= 0.6 is 0 Å². The molecule has 9 nitrogen and oxygen atoms in total. The number of hydrazone groups is 1. The van der Waals surface area contributed by atoms with Crippen LogP contribution in [0.15, 0.2) is 60.0 Å². The number of pyridine rings is 1. The van der Waals surface area contributed by atoms with Gasteiger partial charge >= 0.3 is 0 Å². The van der Waals surface area contributed by atoms with Gasteiger partial charge in [0.25, 0.3) is 5.78 Å². The van der Waals surface area contributed by atoms with Crippen molar-refractivity contribution in [1.29, 1.82) is 5.26 Å². The molecule has 0 unspecified atom stereocenters. The number of benzene rings is 1. The van der Waals surface area contributed by atoms with Crippen molar-refractivity contribution in [1.82, 2.24) is 24.6 Å². The molecule has 0 aliphatic rings. The molecular formula is C25H27N9. The molecule has 0 fully saturated rings. The lowest BCUT2D eigenvalue weighted by Gasteiger charge is -2.30. The van der Waals surface area contributed by atoms with E-state index in [-0.39, 0.29) is 6.04 Å². The first-order valence-electron chi connectivity index (χ1n) is 11.2. The number of hydrogen-bond donors (Lipinski definition) is 1. The van der Waals surface area contributed by atoms with Crippen molar-refractivity contribution < 1.29 is 0 Å². The summed E-state index contributed by atoms with van der Waals surface area (Å²) in [7, 11) is 0. The fourth-order valence-corrected chi connectivity index (χ4v) is 3.55. The molecule has 0 spiro atoms. The Balaban J connectivity index is 1.78. The number of rotatable bonds is 8. The van der Waals surface area contributed by atoms with Crippen LogP contribution in [-0.2, 0) is 0 Å². The minimum absolute atomic E-state index is 0.231. The van der Waals surface area contributed by atoms with E-state index in [9.17, 15) is 5.26 Å². The van der Waals surface area contributed by atoms with Crippen LogP contribution < -0.4 is 10.3 Å². The molecule has 3 heterocycles. The minimum Gasteiger partial charge on any atom is -0.354 e. The van der Waals surface area contributed by atoms with Gasteiger partial charge in [0, 0.05) is 42.2 Å². The number of nitriles is 1. The highest BCUT2D eigenvalue weighted by Crippen LogP contribution is 2.25. The van der Waals surface area contributed by atoms with Gasteiger partial charge in [-0.1, -0.05) is 32.0 Å². The molecule has 4 aromatic rings. The van der Waals surface area contributed by atoms with E-state index in [1.807, 2.05) is 30.3 Å². The zero-order valence-corrected chi connectivity index (χ0v) is 19.7. The first-order valence-corrected chi connectivity index (χ1v) is 11.2. The summed E-state index contributed by atoms with van der Waals surface area (Å²) in [5.74, 6) is 2.82. The van der Waals surface area contributed by atoms with Crippen LogP contribution in [0, 0.1) is 17.2 Å². The van der Waals surface area contributed by atoms with E-state index in [1.165, 1.54) is 0 Å². The van der Waals surface area contributed by atoms with Crippen molar-refractivity contribution in [3.8, 4) is 17.5 Å². The highest BCUT2D eigenvalue weighted by Gasteiger charge is 2.20. The Labute approximate surface area is 198 Å². The molecule has 0 bridgehead atoms. The van der Waals surface area contributed by atoms with Gasteiger partial charge in [0.05, 0.1) is 17.8 Å². The molecule has 0 saturated carbocycles. The van der Waals surface area contributed by atoms with Gasteiger partial charge in [0.1, 0.15) is 5.82 Å². The van der Waals surface area contributed by atoms with Crippen LogP contribution in [0.1, 0.15) is 38.8 Å². The molecule has 0 aliphatic heterocycles. The maximum atomic E-state index is 9.27. The van der Waals surface area contributed by atoms with Gasteiger partial charge in [0.15, 0.2) is 11.6 Å². The van der Waals surface area contributed by atoms with Crippen molar-refractivity contribution in [3.63, 3.8) is 0 Å². The molecule has 34 heavy (non-hydrogen) atoms. The Kier molecular flexibility index (Phi) is 6.78. The Morgan fingerprint density at radius 1 is 1.15 bits per heavy atom. The van der Waals surface area contributed by atoms with Gasteiger partial charge in [-0.3, -0.25) is 10.4 Å². The maximum absolute atomic E-state index is 9.27. The Hall–Kier alpha value is -4.32. The summed E-state index contributed by atoms with van der Waals surface area (Å²) in [6.45, 7) is 9.51. The molecule has 9 heteroatoms. The summed E-state index contributed by atoms with van der Waals surface area (Å²) >= 11 is 0. The van der Waals surface area contributed by atoms with Gasteiger partial charge in [0.2, 0.25) is 0 Å². The van der Waals surface area contributed by atoms with E-state index in [0.717, 1.165) is 23.5 Å². The first kappa shape index (κ1) is 22.9. The predicted octanol–water partition coefficient (Wildman–Crippen LogP) is 4.37. The largest absolute Gasteiger partial charge is 0.354 e. The second kappa shape index (κ2) is 10.1. The van der Waals surface area contributed by atoms with E-state index in [2.05, 4.69) is 64.1 Å². The van der Waals surface area contributed by atoms with Gasteiger partial charge in [-0.2, -0.15) is 24.8 Å². The summed E-state index contributed by atoms with van der Waals surface area (Å²) in [6.07, 6.45) is 5.14. The topological polar surface area (TPSA) is 107 Å². The normalized spacial score (nSPS) is 11.4. The lowest BCUT2D eigenvalue weighted by molar-refractivity contribution is 0.560. The molecule has 0 radical (unpaired) electrons. The molecule has 3 aromatic heterocycles. The Morgan fingerprint density at radius 3 is 2.71 bits per heavy atom. The highest BCUT2D eigenvalue weighted by atomic mass is 15.4. The van der Waals surface area contributed by atoms with Gasteiger partial charge in [-0.15, -0.1) is 5.10 Å². The lowest BCUT2D eigenvalue weighted by atomic mass is 10.1. The third kappa shape index (κ3) is 5.18. The Morgan fingerprint density at radius 2 is 2.00 bits per heavy atom. The van der Waals surface area contributed by atoms with Crippen LogP contribution in [0.3, 0.4) is 0 Å². The van der Waals surface area contributed by atoms with E-state index in [0.29, 0.717) is 28.9 Å². The number of hydrogen-bond acceptors (Lipinski definition) is 8. The summed E-state index contributed by atoms with van der Waals surface area (Å²) in [6, 6.07) is 15.4. The number of fused-ring (bicyclic) bond motifs is 1. The van der Waals surface area contributed by atoms with E-state index in [1.54, 1.807) is 35.3 Å². The SMILES string of the molecule is CC(C)CN(c1cc(N/N=C/c2cccnc2)nc2nc(-c3cccc(C#N)c3)nn12)C(C)C. The molecule has 0 atom stereocenters. The van der Waals surface area contributed by atoms with Crippen molar-refractivity contribution in [2.45, 2.75) is 33.7 Å². The fraction of sp³-hybridized carbons (Fsp3) is 0.280. The third-order valence-corrected chi connectivity index (χ3v) is 5.10. The van der Waals surface area contributed by atoms with Crippen LogP contribution in [0.4, 0.5) is 11.6 Å². The van der Waals surface area contributed by atoms with Gasteiger partial charge < -0.3 is 4.90 Å². The second-order valence-electron chi connectivity index (χ2n) is 8.64. The molecule has 172 valence electrons. The van der Waals surface area contributed by atoms with Gasteiger partial charge in [-0.05, 0) is 38.0 Å². The van der Waals surface area contributed by atoms with Crippen LogP contribution in [-0.4, -0.2) is 43.4 Å². The molecule has 1 N–H and O–H groups in total. The van der Waals surface area contributed by atoms with Gasteiger partial charge in [-0.25, -0.2) is 0 Å². The van der Waals surface area contributed by atoms with E-state index in [4.69, 9.17) is 5.10 Å². The van der Waals surface area contributed by atoms with Crippen LogP contribution in [0.5, 0.6) is 0 Å². The zero-order valence-electron chi connectivity index (χ0n) is 19.7. The van der Waals surface area contributed by atoms with Crippen molar-refractivity contribution in [3.05, 3.63) is 66.0 Å². The summed E-state index contributed by atoms with van der Waals surface area (Å²) in [4.78, 5) is 15.7. The summed E-state index contributed by atoms with van der Waals surface area (Å²) < 4.78 is 1.76. The fourth-order valence-electron chi connectivity index (χ4n) is 3.55. The molecule has 1 aromatic carbocycles. The van der Waals surface area contributed by atoms with E-state index < -0.39 is 0 Å². The standard InChI is InChI=1S/C25H27N9/c1-17(2)16-33(18(3)4)23-12-22(31-28-15-20-8-6-10-27-14-20)29-25-30-24(32-34(23)25)21-9-5-7-19(11-21)13-26/h5-12,14-15,17-18H,16H2,1-4H3,(H,29,30,31,32)/b28-15+.